The zero-order chi connectivity index (χ0) is 8.55. The van der Waals surface area contributed by atoms with E-state index in [1.54, 1.807) is 6.07 Å². The van der Waals surface area contributed by atoms with Crippen LogP contribution >= 0.6 is 0 Å². The fourth-order valence-corrected chi connectivity index (χ4v) is 1.02. The predicted octanol–water partition coefficient (Wildman–Crippen LogP) is 1.35. The smallest absolute Gasteiger partial charge is 0.196 e. The number of phenolic OH excluding ortho intramolecular Hbond substituents is 1. The number of rotatable bonds is 1. The fourth-order valence-electron chi connectivity index (χ4n) is 1.02. The number of fused-ring (bicyclic) bond motifs is 1. The van der Waals surface area contributed by atoms with Gasteiger partial charge in [0, 0.05) is 0 Å². The molecule has 2 aromatic rings. The van der Waals surface area contributed by atoms with Crippen LogP contribution in [0.1, 0.15) is 10.4 Å². The van der Waals surface area contributed by atoms with Crippen molar-refractivity contribution in [2.24, 2.45) is 0 Å². The minimum Gasteiger partial charge on any atom is -0.504 e. The summed E-state index contributed by atoms with van der Waals surface area (Å²) in [6, 6.07) is 3.11. The predicted molar refractivity (Wildman–Crippen MR) is 41.1 cm³/mol. The molecule has 0 saturated carbocycles. The van der Waals surface area contributed by atoms with Crippen LogP contribution in [0.15, 0.2) is 22.9 Å². The molecule has 60 valence electrons. The monoisotopic (exact) mass is 163 g/mol. The number of aldehydes is 1. The van der Waals surface area contributed by atoms with Gasteiger partial charge in [0.15, 0.2) is 24.0 Å². The molecule has 12 heavy (non-hydrogen) atoms. The Morgan fingerprint density at radius 1 is 1.50 bits per heavy atom. The van der Waals surface area contributed by atoms with Crippen molar-refractivity contribution in [3.8, 4) is 5.75 Å². The molecule has 4 nitrogen and oxygen atoms in total. The first-order valence-corrected chi connectivity index (χ1v) is 3.33. The Balaban J connectivity index is 2.86. The lowest BCUT2D eigenvalue weighted by atomic mass is 10.2. The van der Waals surface area contributed by atoms with Crippen LogP contribution < -0.4 is 0 Å². The summed E-state index contributed by atoms with van der Waals surface area (Å²) in [7, 11) is 0. The van der Waals surface area contributed by atoms with Crippen molar-refractivity contribution < 1.29 is 14.3 Å². The number of phenols is 1. The van der Waals surface area contributed by atoms with Crippen molar-refractivity contribution in [1.29, 1.82) is 0 Å². The molecular weight excluding hydrogens is 158 g/mol. The van der Waals surface area contributed by atoms with E-state index in [0.29, 0.717) is 11.8 Å². The molecular formula is C8H5NO3. The van der Waals surface area contributed by atoms with Crippen molar-refractivity contribution in [3.05, 3.63) is 24.1 Å². The molecule has 0 amide bonds. The maximum Gasteiger partial charge on any atom is 0.196 e. The van der Waals surface area contributed by atoms with Gasteiger partial charge in [0.2, 0.25) is 0 Å². The van der Waals surface area contributed by atoms with E-state index in [2.05, 4.69) is 4.98 Å². The van der Waals surface area contributed by atoms with Gasteiger partial charge in [0.05, 0.1) is 5.56 Å². The molecule has 4 heteroatoms. The summed E-state index contributed by atoms with van der Waals surface area (Å²) >= 11 is 0. The van der Waals surface area contributed by atoms with Crippen molar-refractivity contribution in [3.63, 3.8) is 0 Å². The van der Waals surface area contributed by atoms with Crippen LogP contribution in [0.5, 0.6) is 5.75 Å². The molecule has 0 fully saturated rings. The summed E-state index contributed by atoms with van der Waals surface area (Å²) in [4.78, 5) is 14.2. The van der Waals surface area contributed by atoms with E-state index in [0.717, 1.165) is 0 Å². The van der Waals surface area contributed by atoms with E-state index >= 15 is 0 Å². The SMILES string of the molecule is O=Cc1ccc2ncoc2c1O. The lowest BCUT2D eigenvalue weighted by Crippen LogP contribution is -1.80. The van der Waals surface area contributed by atoms with Crippen molar-refractivity contribution in [1.82, 2.24) is 4.98 Å². The van der Waals surface area contributed by atoms with Crippen LogP contribution in [0.2, 0.25) is 0 Å². The second-order valence-electron chi connectivity index (χ2n) is 2.32. The summed E-state index contributed by atoms with van der Waals surface area (Å²) in [5, 5.41) is 9.37. The highest BCUT2D eigenvalue weighted by atomic mass is 16.4. The first kappa shape index (κ1) is 6.84. The van der Waals surface area contributed by atoms with Gasteiger partial charge in [-0.05, 0) is 12.1 Å². The fraction of sp³-hybridized carbons (Fsp3) is 0. The molecule has 0 aliphatic rings. The van der Waals surface area contributed by atoms with Crippen LogP contribution in [0.4, 0.5) is 0 Å². The molecule has 0 unspecified atom stereocenters. The Bertz CT molecular complexity index is 433. The molecule has 0 radical (unpaired) electrons. The number of oxazole rings is 1. The maximum atomic E-state index is 10.4. The summed E-state index contributed by atoms with van der Waals surface area (Å²) in [5.74, 6) is -0.153. The number of aromatic nitrogens is 1. The average molecular weight is 163 g/mol. The molecule has 1 heterocycles. The average Bonchev–Trinajstić information content (AvgIpc) is 2.53. The molecule has 1 aromatic carbocycles. The van der Waals surface area contributed by atoms with Gasteiger partial charge < -0.3 is 9.52 Å². The maximum absolute atomic E-state index is 10.4. The van der Waals surface area contributed by atoms with E-state index < -0.39 is 0 Å². The quantitative estimate of drug-likeness (QED) is 0.644. The molecule has 0 bridgehead atoms. The van der Waals surface area contributed by atoms with Crippen LogP contribution in [-0.4, -0.2) is 16.4 Å². The third-order valence-corrected chi connectivity index (χ3v) is 1.63. The first-order valence-electron chi connectivity index (χ1n) is 3.33. The topological polar surface area (TPSA) is 63.3 Å². The summed E-state index contributed by atoms with van der Waals surface area (Å²) in [6.07, 6.45) is 1.79. The zero-order valence-corrected chi connectivity index (χ0v) is 6.02. The van der Waals surface area contributed by atoms with Gasteiger partial charge in [-0.2, -0.15) is 0 Å². The second-order valence-corrected chi connectivity index (χ2v) is 2.32. The van der Waals surface area contributed by atoms with Gasteiger partial charge in [0.1, 0.15) is 5.52 Å². The molecule has 1 N–H and O–H groups in total. The van der Waals surface area contributed by atoms with Gasteiger partial charge in [-0.25, -0.2) is 4.98 Å². The Morgan fingerprint density at radius 2 is 2.33 bits per heavy atom. The molecule has 0 aliphatic heterocycles. The number of hydrogen-bond acceptors (Lipinski definition) is 4. The number of nitrogens with zero attached hydrogens (tertiary/aromatic N) is 1. The number of carbonyl (C=O) groups excluding carboxylic acids is 1. The number of hydrogen-bond donors (Lipinski definition) is 1. The highest BCUT2D eigenvalue weighted by Crippen LogP contribution is 2.26. The molecule has 0 spiro atoms. The van der Waals surface area contributed by atoms with E-state index in [-0.39, 0.29) is 16.9 Å². The van der Waals surface area contributed by atoms with Gasteiger partial charge in [0.25, 0.3) is 0 Å². The second kappa shape index (κ2) is 2.34. The Kier molecular flexibility index (Phi) is 1.33. The van der Waals surface area contributed by atoms with Crippen LogP contribution in [0.3, 0.4) is 0 Å². The molecule has 0 aliphatic carbocycles. The standard InChI is InChI=1S/C8H5NO3/c10-3-5-1-2-6-8(7(5)11)12-4-9-6/h1-4,11H. The van der Waals surface area contributed by atoms with Gasteiger partial charge in [-0.3, -0.25) is 4.79 Å². The Labute approximate surface area is 67.4 Å². The van der Waals surface area contributed by atoms with Crippen LogP contribution in [0.25, 0.3) is 11.1 Å². The van der Waals surface area contributed by atoms with E-state index in [4.69, 9.17) is 4.42 Å². The van der Waals surface area contributed by atoms with Gasteiger partial charge in [-0.15, -0.1) is 0 Å². The minimum atomic E-state index is -0.153. The molecule has 2 rings (SSSR count). The van der Waals surface area contributed by atoms with E-state index in [1.807, 2.05) is 0 Å². The lowest BCUT2D eigenvalue weighted by Gasteiger charge is -1.94. The van der Waals surface area contributed by atoms with E-state index in [9.17, 15) is 9.90 Å². The van der Waals surface area contributed by atoms with Crippen molar-refractivity contribution >= 4 is 17.4 Å². The van der Waals surface area contributed by atoms with Crippen LogP contribution in [0, 0.1) is 0 Å². The third-order valence-electron chi connectivity index (χ3n) is 1.63. The first-order chi connectivity index (χ1) is 5.83. The Morgan fingerprint density at radius 3 is 3.08 bits per heavy atom. The summed E-state index contributed by atoms with van der Waals surface area (Å²) < 4.78 is 4.87. The lowest BCUT2D eigenvalue weighted by molar-refractivity contribution is 0.112. The minimum absolute atomic E-state index is 0.153. The molecule has 1 aromatic heterocycles. The zero-order valence-electron chi connectivity index (χ0n) is 6.02. The highest BCUT2D eigenvalue weighted by molar-refractivity contribution is 5.90. The highest BCUT2D eigenvalue weighted by Gasteiger charge is 2.08. The summed E-state index contributed by atoms with van der Waals surface area (Å²) in [5.41, 5.74) is 0.997. The van der Waals surface area contributed by atoms with Crippen molar-refractivity contribution in [2.45, 2.75) is 0 Å². The number of aromatic hydroxyl groups is 1. The third kappa shape index (κ3) is 0.780. The molecule has 0 saturated heterocycles. The van der Waals surface area contributed by atoms with Gasteiger partial charge in [-0.1, -0.05) is 0 Å². The summed E-state index contributed by atoms with van der Waals surface area (Å²) in [6.45, 7) is 0. The van der Waals surface area contributed by atoms with Crippen LogP contribution in [-0.2, 0) is 0 Å². The number of carbonyl (C=O) groups is 1. The van der Waals surface area contributed by atoms with E-state index in [1.165, 1.54) is 12.5 Å². The Hall–Kier alpha value is -1.84. The normalized spacial score (nSPS) is 10.3. The van der Waals surface area contributed by atoms with Gasteiger partial charge >= 0.3 is 0 Å². The largest absolute Gasteiger partial charge is 0.504 e. The molecule has 0 atom stereocenters. The number of benzene rings is 1. The van der Waals surface area contributed by atoms with Crippen molar-refractivity contribution in [2.75, 3.05) is 0 Å².